The molecule has 0 saturated carbocycles. The summed E-state index contributed by atoms with van der Waals surface area (Å²) in [5.41, 5.74) is 5.52. The number of hydrogen-bond donors (Lipinski definition) is 4. The lowest BCUT2D eigenvalue weighted by Crippen LogP contribution is -2.23. The van der Waals surface area contributed by atoms with Crippen LogP contribution in [0.5, 0.6) is 17.5 Å². The van der Waals surface area contributed by atoms with Crippen molar-refractivity contribution in [3.63, 3.8) is 0 Å². The lowest BCUT2D eigenvalue weighted by atomic mass is 9.78. The number of aromatic hydroxyl groups is 3. The smallest absolute Gasteiger partial charge is 0.239 e. The molecule has 6 heteroatoms. The second-order valence-corrected chi connectivity index (χ2v) is 14.6. The molecule has 0 spiro atoms. The molecule has 6 nitrogen and oxygen atoms in total. The first kappa shape index (κ1) is 36.6. The highest BCUT2D eigenvalue weighted by Crippen LogP contribution is 2.40. The van der Waals surface area contributed by atoms with E-state index in [0.717, 1.165) is 34.2 Å². The summed E-state index contributed by atoms with van der Waals surface area (Å²) in [5.74, 6) is -0.246. The average molecular weight is 599 g/mol. The first-order chi connectivity index (χ1) is 20.3. The molecular weight excluding hydrogens is 536 g/mol. The molecule has 0 aliphatic rings. The predicted octanol–water partition coefficient (Wildman–Crippen LogP) is 9.93. The number of rotatable bonds is 19. The number of aromatic nitrogens is 1. The Bertz CT molecular complexity index is 1090. The maximum Gasteiger partial charge on any atom is 0.239 e. The normalized spacial score (nSPS) is 12.2. The van der Waals surface area contributed by atoms with Gasteiger partial charge in [-0.15, -0.1) is 0 Å². The molecule has 0 saturated heterocycles. The van der Waals surface area contributed by atoms with Crippen LogP contribution in [0.4, 0.5) is 0 Å². The van der Waals surface area contributed by atoms with Gasteiger partial charge in [0, 0.05) is 18.1 Å². The molecule has 1 aromatic carbocycles. The van der Waals surface area contributed by atoms with E-state index < -0.39 is 0 Å². The van der Waals surface area contributed by atoms with Gasteiger partial charge in [0.25, 0.3) is 0 Å². The van der Waals surface area contributed by atoms with Crippen molar-refractivity contribution in [2.75, 3.05) is 5.43 Å². The summed E-state index contributed by atoms with van der Waals surface area (Å²) in [7, 11) is 0. The Labute approximate surface area is 262 Å². The van der Waals surface area contributed by atoms with Gasteiger partial charge < -0.3 is 15.3 Å². The van der Waals surface area contributed by atoms with E-state index in [1.165, 1.54) is 77.0 Å². The van der Waals surface area contributed by atoms with Crippen LogP contribution in [0, 0.1) is 0 Å². The molecular formula is C37H62N2O4. The van der Waals surface area contributed by atoms with E-state index in [2.05, 4.69) is 53.9 Å². The summed E-state index contributed by atoms with van der Waals surface area (Å²) in [6, 6.07) is 5.51. The second-order valence-electron chi connectivity index (χ2n) is 14.6. The maximum absolute atomic E-state index is 12.8. The fraction of sp³-hybridized carbons (Fsp3) is 0.703. The highest BCUT2D eigenvalue weighted by molar-refractivity contribution is 5.84. The highest BCUT2D eigenvalue weighted by atomic mass is 16.3. The van der Waals surface area contributed by atoms with Crippen molar-refractivity contribution in [2.24, 2.45) is 0 Å². The van der Waals surface area contributed by atoms with E-state index >= 15 is 0 Å². The van der Waals surface area contributed by atoms with Crippen molar-refractivity contribution in [1.82, 2.24) is 4.68 Å². The van der Waals surface area contributed by atoms with E-state index in [-0.39, 0.29) is 34.9 Å². The molecule has 0 radical (unpaired) electrons. The molecule has 2 aromatic rings. The third-order valence-electron chi connectivity index (χ3n) is 8.49. The SMILES string of the molecule is CCCCCCCCCCCCCCCCc1cc(O)n(NC(=O)CCc2cc(C(C)(C)C)c(O)c(C(C)(C)C)c2)c1O. The Kier molecular flexibility index (Phi) is 15.0. The minimum absolute atomic E-state index is 0.102. The number of hydrogen-bond acceptors (Lipinski definition) is 4. The Balaban J connectivity index is 1.77. The number of carbonyl (C=O) groups is 1. The summed E-state index contributed by atoms with van der Waals surface area (Å²) in [5, 5.41) is 32.1. The van der Waals surface area contributed by atoms with Crippen molar-refractivity contribution >= 4 is 5.91 Å². The fourth-order valence-electron chi connectivity index (χ4n) is 5.76. The molecule has 0 aliphatic carbocycles. The first-order valence-electron chi connectivity index (χ1n) is 17.0. The zero-order valence-corrected chi connectivity index (χ0v) is 28.4. The lowest BCUT2D eigenvalue weighted by molar-refractivity contribution is -0.117. The van der Waals surface area contributed by atoms with E-state index in [9.17, 15) is 20.1 Å². The number of aryl methyl sites for hydroxylation is 2. The molecule has 244 valence electrons. The van der Waals surface area contributed by atoms with Gasteiger partial charge in [0.05, 0.1) is 0 Å². The molecule has 4 N–H and O–H groups in total. The van der Waals surface area contributed by atoms with Gasteiger partial charge in [-0.2, -0.15) is 4.68 Å². The van der Waals surface area contributed by atoms with Gasteiger partial charge >= 0.3 is 0 Å². The van der Waals surface area contributed by atoms with Crippen molar-refractivity contribution < 1.29 is 20.1 Å². The molecule has 0 fully saturated rings. The molecule has 43 heavy (non-hydrogen) atoms. The Hall–Kier alpha value is -2.63. The number of amides is 1. The Morgan fingerprint density at radius 1 is 0.674 bits per heavy atom. The predicted molar refractivity (Wildman–Crippen MR) is 180 cm³/mol. The van der Waals surface area contributed by atoms with Crippen LogP contribution in [0.15, 0.2) is 18.2 Å². The van der Waals surface area contributed by atoms with Gasteiger partial charge in [0.15, 0.2) is 0 Å². The zero-order valence-electron chi connectivity index (χ0n) is 28.4. The quantitative estimate of drug-likeness (QED) is 0.121. The molecule has 1 amide bonds. The fourth-order valence-corrected chi connectivity index (χ4v) is 5.76. The van der Waals surface area contributed by atoms with Crippen LogP contribution in [0.3, 0.4) is 0 Å². The number of nitrogens with one attached hydrogen (secondary N) is 1. The maximum atomic E-state index is 12.8. The molecule has 1 heterocycles. The molecule has 0 atom stereocenters. The van der Waals surface area contributed by atoms with E-state index in [4.69, 9.17) is 0 Å². The molecule has 2 rings (SSSR count). The number of carbonyl (C=O) groups excluding carboxylic acids is 1. The lowest BCUT2D eigenvalue weighted by Gasteiger charge is -2.28. The first-order valence-corrected chi connectivity index (χ1v) is 17.0. The molecule has 0 bridgehead atoms. The van der Waals surface area contributed by atoms with Gasteiger partial charge in [-0.25, -0.2) is 0 Å². The van der Waals surface area contributed by atoms with Crippen LogP contribution in [0.25, 0.3) is 0 Å². The van der Waals surface area contributed by atoms with Crippen molar-refractivity contribution in [1.29, 1.82) is 0 Å². The number of phenols is 1. The largest absolute Gasteiger partial charge is 0.507 e. The number of unbranched alkanes of at least 4 members (excludes halogenated alkanes) is 13. The van der Waals surface area contributed by atoms with Crippen LogP contribution in [-0.2, 0) is 28.5 Å². The zero-order chi connectivity index (χ0) is 32.0. The monoisotopic (exact) mass is 598 g/mol. The van der Waals surface area contributed by atoms with Gasteiger partial charge in [-0.3, -0.25) is 10.2 Å². The number of phenolic OH excluding ortho intramolecular Hbond substituents is 1. The van der Waals surface area contributed by atoms with Crippen molar-refractivity contribution in [3.05, 3.63) is 40.5 Å². The average Bonchev–Trinajstić information content (AvgIpc) is 3.18. The molecule has 0 unspecified atom stereocenters. The van der Waals surface area contributed by atoms with Crippen LogP contribution < -0.4 is 5.43 Å². The second kappa shape index (κ2) is 17.6. The summed E-state index contributed by atoms with van der Waals surface area (Å²) in [6.07, 6.45) is 19.4. The number of benzene rings is 1. The van der Waals surface area contributed by atoms with Crippen LogP contribution in [0.2, 0.25) is 0 Å². The van der Waals surface area contributed by atoms with Crippen LogP contribution >= 0.6 is 0 Å². The number of nitrogens with zero attached hydrogens (tertiary/aromatic N) is 1. The van der Waals surface area contributed by atoms with E-state index in [1.807, 2.05) is 12.1 Å². The third kappa shape index (κ3) is 12.5. The standard InChI is InChI=1S/C37H62N2O4/c1-8-9-10-11-12-13-14-15-16-17-18-19-20-21-22-29-27-33(41)39(35(29)43)38-32(40)24-23-28-25-30(36(2,3)4)34(42)31(26-28)37(5,6)7/h25-27,41-43H,8-24H2,1-7H3,(H,38,40). The Morgan fingerprint density at radius 3 is 1.56 bits per heavy atom. The Morgan fingerprint density at radius 2 is 1.12 bits per heavy atom. The van der Waals surface area contributed by atoms with Crippen molar-refractivity contribution in [3.8, 4) is 17.5 Å². The summed E-state index contributed by atoms with van der Waals surface area (Å²) >= 11 is 0. The third-order valence-corrected chi connectivity index (χ3v) is 8.49. The van der Waals surface area contributed by atoms with Gasteiger partial charge in [0.2, 0.25) is 17.7 Å². The minimum atomic E-state index is -0.299. The topological polar surface area (TPSA) is 94.7 Å². The summed E-state index contributed by atoms with van der Waals surface area (Å²) in [6.45, 7) is 14.7. The van der Waals surface area contributed by atoms with E-state index in [1.54, 1.807) is 6.07 Å². The molecule has 0 aliphatic heterocycles. The van der Waals surface area contributed by atoms with Gasteiger partial charge in [-0.1, -0.05) is 144 Å². The van der Waals surface area contributed by atoms with Gasteiger partial charge in [0.1, 0.15) is 5.75 Å². The molecule has 1 aromatic heterocycles. The van der Waals surface area contributed by atoms with Crippen LogP contribution in [-0.4, -0.2) is 25.9 Å². The van der Waals surface area contributed by atoms with Gasteiger partial charge in [-0.05, 0) is 46.8 Å². The minimum Gasteiger partial charge on any atom is -0.507 e. The summed E-state index contributed by atoms with van der Waals surface area (Å²) in [4.78, 5) is 12.8. The summed E-state index contributed by atoms with van der Waals surface area (Å²) < 4.78 is 1.08. The van der Waals surface area contributed by atoms with E-state index in [0.29, 0.717) is 24.2 Å². The van der Waals surface area contributed by atoms with Crippen LogP contribution in [0.1, 0.15) is 167 Å². The highest BCUT2D eigenvalue weighted by Gasteiger charge is 2.26. The van der Waals surface area contributed by atoms with Crippen molar-refractivity contribution in [2.45, 2.75) is 168 Å².